The molecule has 20 heavy (non-hydrogen) atoms. The highest BCUT2D eigenvalue weighted by atomic mass is 32.2. The van der Waals surface area contributed by atoms with E-state index in [0.717, 1.165) is 4.31 Å². The predicted molar refractivity (Wildman–Crippen MR) is 74.4 cm³/mol. The molecule has 1 fully saturated rings. The van der Waals surface area contributed by atoms with Crippen molar-refractivity contribution in [2.75, 3.05) is 13.1 Å². The Morgan fingerprint density at radius 1 is 1.40 bits per heavy atom. The van der Waals surface area contributed by atoms with Gasteiger partial charge in [-0.25, -0.2) is 0 Å². The fraction of sp³-hybridized carbons (Fsp3) is 0.917. The van der Waals surface area contributed by atoms with Gasteiger partial charge >= 0.3 is 5.97 Å². The average molecular weight is 308 g/mol. The Morgan fingerprint density at radius 3 is 2.60 bits per heavy atom. The molecule has 0 spiro atoms. The Morgan fingerprint density at radius 2 is 2.05 bits per heavy atom. The van der Waals surface area contributed by atoms with Crippen molar-refractivity contribution in [3.8, 4) is 0 Å². The Kier molecular flexibility index (Phi) is 6.38. The van der Waals surface area contributed by atoms with Crippen molar-refractivity contribution in [3.63, 3.8) is 0 Å². The molecule has 1 saturated heterocycles. The molecule has 0 radical (unpaired) electrons. The first-order chi connectivity index (χ1) is 9.24. The molecule has 0 saturated carbocycles. The summed E-state index contributed by atoms with van der Waals surface area (Å²) in [5.41, 5.74) is 0. The molecule has 7 nitrogen and oxygen atoms in total. The maximum atomic E-state index is 12.1. The van der Waals surface area contributed by atoms with E-state index in [4.69, 9.17) is 5.11 Å². The van der Waals surface area contributed by atoms with Crippen molar-refractivity contribution < 1.29 is 23.4 Å². The summed E-state index contributed by atoms with van der Waals surface area (Å²) >= 11 is 0. The minimum absolute atomic E-state index is 0.0939. The molecular formula is C12H24N2O5S. The van der Waals surface area contributed by atoms with Crippen LogP contribution in [0.3, 0.4) is 0 Å². The molecule has 0 bridgehead atoms. The summed E-state index contributed by atoms with van der Waals surface area (Å²) in [6.45, 7) is 3.97. The van der Waals surface area contributed by atoms with Crippen molar-refractivity contribution >= 4 is 16.2 Å². The average Bonchev–Trinajstić information content (AvgIpc) is 2.36. The number of hydrogen-bond acceptors (Lipinski definition) is 4. The lowest BCUT2D eigenvalue weighted by Crippen LogP contribution is -2.53. The monoisotopic (exact) mass is 308 g/mol. The van der Waals surface area contributed by atoms with Crippen LogP contribution in [0.5, 0.6) is 0 Å². The van der Waals surface area contributed by atoms with Crippen LogP contribution in [-0.4, -0.2) is 54.1 Å². The maximum Gasteiger partial charge on any atom is 0.322 e. The zero-order valence-corrected chi connectivity index (χ0v) is 12.8. The highest BCUT2D eigenvalue weighted by Gasteiger charge is 2.36. The van der Waals surface area contributed by atoms with E-state index in [1.807, 2.05) is 13.8 Å². The molecule has 0 aromatic carbocycles. The quantitative estimate of drug-likeness (QED) is 0.621. The van der Waals surface area contributed by atoms with Crippen molar-refractivity contribution in [1.82, 2.24) is 9.03 Å². The molecule has 8 heteroatoms. The van der Waals surface area contributed by atoms with Gasteiger partial charge in [0.25, 0.3) is 10.2 Å². The number of piperidine rings is 1. The van der Waals surface area contributed by atoms with Crippen molar-refractivity contribution in [2.24, 2.45) is 5.92 Å². The third-order valence-electron chi connectivity index (χ3n) is 3.29. The van der Waals surface area contributed by atoms with E-state index < -0.39 is 28.3 Å². The number of rotatable bonds is 7. The second kappa shape index (κ2) is 7.35. The van der Waals surface area contributed by atoms with Crippen molar-refractivity contribution in [1.29, 1.82) is 0 Å². The van der Waals surface area contributed by atoms with Crippen LogP contribution < -0.4 is 4.72 Å². The van der Waals surface area contributed by atoms with E-state index in [1.54, 1.807) is 0 Å². The van der Waals surface area contributed by atoms with Crippen LogP contribution in [0.15, 0.2) is 0 Å². The Bertz CT molecular complexity index is 424. The minimum Gasteiger partial charge on any atom is -0.480 e. The van der Waals surface area contributed by atoms with Crippen LogP contribution in [0.25, 0.3) is 0 Å². The van der Waals surface area contributed by atoms with Crippen LogP contribution in [0, 0.1) is 5.92 Å². The van der Waals surface area contributed by atoms with E-state index in [9.17, 15) is 18.3 Å². The van der Waals surface area contributed by atoms with Crippen LogP contribution in [0.4, 0.5) is 0 Å². The van der Waals surface area contributed by atoms with E-state index in [0.29, 0.717) is 25.7 Å². The number of carboxylic acids is 1. The number of aliphatic hydroxyl groups is 1. The molecular weight excluding hydrogens is 284 g/mol. The molecule has 0 aliphatic carbocycles. The van der Waals surface area contributed by atoms with Gasteiger partial charge < -0.3 is 10.2 Å². The van der Waals surface area contributed by atoms with Gasteiger partial charge in [0, 0.05) is 13.1 Å². The third kappa shape index (κ3) is 5.01. The zero-order valence-electron chi connectivity index (χ0n) is 11.9. The van der Waals surface area contributed by atoms with E-state index in [1.165, 1.54) is 0 Å². The first kappa shape index (κ1) is 17.4. The van der Waals surface area contributed by atoms with Crippen molar-refractivity contribution in [2.45, 2.75) is 51.7 Å². The smallest absolute Gasteiger partial charge is 0.322 e. The predicted octanol–water partition coefficient (Wildman–Crippen LogP) is 0.167. The van der Waals surface area contributed by atoms with Gasteiger partial charge in [0.2, 0.25) is 0 Å². The highest BCUT2D eigenvalue weighted by molar-refractivity contribution is 7.87. The Hall–Kier alpha value is -0.700. The lowest BCUT2D eigenvalue weighted by molar-refractivity contribution is -0.142. The van der Waals surface area contributed by atoms with Crippen LogP contribution in [-0.2, 0) is 15.0 Å². The second-order valence-corrected chi connectivity index (χ2v) is 7.31. The summed E-state index contributed by atoms with van der Waals surface area (Å²) in [6, 6.07) is -1.01. The number of carbonyl (C=O) groups is 1. The number of nitrogens with one attached hydrogen (secondary N) is 1. The fourth-order valence-electron chi connectivity index (χ4n) is 2.35. The molecule has 0 aromatic heterocycles. The molecule has 0 amide bonds. The standard InChI is InChI=1S/C12H24N2O5S/c1-9(2)7-10(15)8-13-20(18,19)14-6-4-3-5-11(14)12(16)17/h9-11,13,15H,3-8H2,1-2H3,(H,16,17). The summed E-state index contributed by atoms with van der Waals surface area (Å²) in [7, 11) is -3.87. The summed E-state index contributed by atoms with van der Waals surface area (Å²) in [6.07, 6.45) is 1.41. The number of carboxylic acid groups (broad SMARTS) is 1. The summed E-state index contributed by atoms with van der Waals surface area (Å²) in [5, 5.41) is 18.8. The molecule has 2 atom stereocenters. The lowest BCUT2D eigenvalue weighted by atomic mass is 10.1. The zero-order chi connectivity index (χ0) is 15.3. The second-order valence-electron chi connectivity index (χ2n) is 5.60. The lowest BCUT2D eigenvalue weighted by Gasteiger charge is -2.32. The third-order valence-corrected chi connectivity index (χ3v) is 4.88. The number of hydrogen-bond donors (Lipinski definition) is 3. The minimum atomic E-state index is -3.87. The SMILES string of the molecule is CC(C)CC(O)CNS(=O)(=O)N1CCCCC1C(=O)O. The van der Waals surface area contributed by atoms with Gasteiger partial charge in [-0.2, -0.15) is 17.4 Å². The molecule has 2 unspecified atom stereocenters. The van der Waals surface area contributed by atoms with E-state index >= 15 is 0 Å². The summed E-state index contributed by atoms with van der Waals surface area (Å²) in [5.74, 6) is -0.867. The van der Waals surface area contributed by atoms with Gasteiger partial charge in [0.05, 0.1) is 6.10 Å². The van der Waals surface area contributed by atoms with Gasteiger partial charge in [-0.05, 0) is 31.6 Å². The molecule has 1 heterocycles. The van der Waals surface area contributed by atoms with Crippen LogP contribution in [0.2, 0.25) is 0 Å². The fourth-order valence-corrected chi connectivity index (χ4v) is 3.82. The highest BCUT2D eigenvalue weighted by Crippen LogP contribution is 2.20. The molecule has 1 aliphatic heterocycles. The van der Waals surface area contributed by atoms with Gasteiger partial charge in [-0.3, -0.25) is 4.79 Å². The Balaban J connectivity index is 2.64. The van der Waals surface area contributed by atoms with Crippen LogP contribution >= 0.6 is 0 Å². The first-order valence-corrected chi connectivity index (χ1v) is 8.35. The van der Waals surface area contributed by atoms with Gasteiger partial charge in [0.1, 0.15) is 6.04 Å². The normalized spacial score (nSPS) is 22.9. The Labute approximate surface area is 120 Å². The van der Waals surface area contributed by atoms with E-state index in [-0.39, 0.29) is 19.0 Å². The van der Waals surface area contributed by atoms with Gasteiger partial charge in [0.15, 0.2) is 0 Å². The summed E-state index contributed by atoms with van der Waals surface area (Å²) < 4.78 is 27.6. The number of aliphatic carboxylic acids is 1. The molecule has 1 aliphatic rings. The molecule has 3 N–H and O–H groups in total. The van der Waals surface area contributed by atoms with Crippen molar-refractivity contribution in [3.05, 3.63) is 0 Å². The molecule has 0 aromatic rings. The maximum absolute atomic E-state index is 12.1. The molecule has 118 valence electrons. The van der Waals surface area contributed by atoms with Gasteiger partial charge in [-0.15, -0.1) is 0 Å². The largest absolute Gasteiger partial charge is 0.480 e. The number of aliphatic hydroxyl groups excluding tert-OH is 1. The summed E-state index contributed by atoms with van der Waals surface area (Å²) in [4.78, 5) is 11.1. The number of nitrogens with zero attached hydrogens (tertiary/aromatic N) is 1. The van der Waals surface area contributed by atoms with Crippen LogP contribution in [0.1, 0.15) is 39.5 Å². The van der Waals surface area contributed by atoms with Gasteiger partial charge in [-0.1, -0.05) is 13.8 Å². The first-order valence-electron chi connectivity index (χ1n) is 6.91. The molecule has 1 rings (SSSR count). The topological polar surface area (TPSA) is 107 Å². The van der Waals surface area contributed by atoms with E-state index in [2.05, 4.69) is 4.72 Å².